The molecule has 0 unspecified atom stereocenters. The van der Waals surface area contributed by atoms with Crippen molar-refractivity contribution < 1.29 is 19.7 Å². The van der Waals surface area contributed by atoms with Crippen LogP contribution in [-0.2, 0) is 10.3 Å². The molecule has 0 aliphatic rings. The smallest absolute Gasteiger partial charge is 0.360 e. The average molecular weight is 243 g/mol. The second-order valence-electron chi connectivity index (χ2n) is 3.88. The zero-order valence-electron chi connectivity index (χ0n) is 9.88. The third-order valence-corrected chi connectivity index (χ3v) is 2.54. The largest absolute Gasteiger partial charge is 0.461 e. The molecule has 0 aliphatic carbocycles. The van der Waals surface area contributed by atoms with Crippen molar-refractivity contribution >= 4 is 11.8 Å². The molecule has 4 N–H and O–H groups in total. The number of anilines is 1. The van der Waals surface area contributed by atoms with E-state index in [-0.39, 0.29) is 31.3 Å². The summed E-state index contributed by atoms with van der Waals surface area (Å²) in [6, 6.07) is 0. The summed E-state index contributed by atoms with van der Waals surface area (Å²) in [7, 11) is 0. The van der Waals surface area contributed by atoms with E-state index in [0.29, 0.717) is 0 Å². The highest BCUT2D eigenvalue weighted by Gasteiger charge is 2.29. The molecule has 0 saturated carbocycles. The number of aliphatic hydroxyl groups excluding tert-OH is 2. The highest BCUT2D eigenvalue weighted by molar-refractivity contribution is 5.92. The van der Waals surface area contributed by atoms with Gasteiger partial charge in [-0.25, -0.2) is 9.78 Å². The van der Waals surface area contributed by atoms with Crippen LogP contribution in [0.2, 0.25) is 0 Å². The molecule has 0 aliphatic heterocycles. The number of hydrogen-bond donors (Lipinski definition) is 3. The van der Waals surface area contributed by atoms with Crippen molar-refractivity contribution in [3.05, 3.63) is 12.0 Å². The Balaban J connectivity index is 3.10. The van der Waals surface area contributed by atoms with E-state index in [1.54, 1.807) is 13.8 Å². The maximum absolute atomic E-state index is 11.5. The number of aromatic nitrogens is 2. The Hall–Kier alpha value is -1.60. The fourth-order valence-electron chi connectivity index (χ4n) is 1.35. The number of nitrogens with two attached hydrogens (primary N) is 1. The molecule has 1 aromatic rings. The lowest BCUT2D eigenvalue weighted by Gasteiger charge is -2.27. The predicted octanol–water partition coefficient (Wildman–Crippen LogP) is -0.658. The number of nitrogens with zero attached hydrogens (tertiary/aromatic N) is 2. The zero-order chi connectivity index (χ0) is 13.1. The van der Waals surface area contributed by atoms with E-state index in [1.807, 2.05) is 0 Å². The minimum absolute atomic E-state index is 0.0139. The van der Waals surface area contributed by atoms with E-state index in [0.717, 1.165) is 0 Å². The first-order chi connectivity index (χ1) is 8.00. The fourth-order valence-corrected chi connectivity index (χ4v) is 1.35. The van der Waals surface area contributed by atoms with E-state index >= 15 is 0 Å². The first-order valence-electron chi connectivity index (χ1n) is 5.22. The summed E-state index contributed by atoms with van der Waals surface area (Å²) < 4.78 is 6.14. The molecule has 1 aromatic heterocycles. The van der Waals surface area contributed by atoms with Crippen LogP contribution < -0.4 is 5.73 Å². The number of imidazole rings is 1. The van der Waals surface area contributed by atoms with E-state index in [2.05, 4.69) is 4.98 Å². The number of hydrogen-bond acceptors (Lipinski definition) is 6. The molecule has 0 fully saturated rings. The second kappa shape index (κ2) is 5.15. The van der Waals surface area contributed by atoms with Crippen LogP contribution in [0.25, 0.3) is 0 Å². The zero-order valence-corrected chi connectivity index (χ0v) is 9.88. The molecule has 1 rings (SSSR count). The first kappa shape index (κ1) is 13.5. The highest BCUT2D eigenvalue weighted by atomic mass is 16.5. The number of ether oxygens (including phenoxy) is 1. The van der Waals surface area contributed by atoms with Crippen LogP contribution in [0.5, 0.6) is 0 Å². The van der Waals surface area contributed by atoms with Gasteiger partial charge in [-0.15, -0.1) is 0 Å². The second-order valence-corrected chi connectivity index (χ2v) is 3.88. The van der Waals surface area contributed by atoms with Gasteiger partial charge in [-0.1, -0.05) is 0 Å². The molecule has 0 atom stereocenters. The summed E-state index contributed by atoms with van der Waals surface area (Å²) in [4.78, 5) is 15.3. The first-order valence-corrected chi connectivity index (χ1v) is 5.22. The van der Waals surface area contributed by atoms with Crippen molar-refractivity contribution in [3.8, 4) is 0 Å². The van der Waals surface area contributed by atoms with Crippen LogP contribution in [0, 0.1) is 0 Å². The van der Waals surface area contributed by atoms with Gasteiger partial charge in [0.15, 0.2) is 5.69 Å². The Labute approximate surface area is 98.8 Å². The van der Waals surface area contributed by atoms with Crippen LogP contribution >= 0.6 is 0 Å². The molecule has 0 bridgehead atoms. The van der Waals surface area contributed by atoms with E-state index < -0.39 is 11.5 Å². The van der Waals surface area contributed by atoms with Crippen LogP contribution in [0.1, 0.15) is 24.3 Å². The van der Waals surface area contributed by atoms with Gasteiger partial charge in [-0.3, -0.25) is 0 Å². The summed E-state index contributed by atoms with van der Waals surface area (Å²) in [6.07, 6.45) is 1.30. The van der Waals surface area contributed by atoms with E-state index in [1.165, 1.54) is 10.9 Å². The minimum Gasteiger partial charge on any atom is -0.461 e. The van der Waals surface area contributed by atoms with Crippen LogP contribution in [-0.4, -0.2) is 45.6 Å². The Morgan fingerprint density at radius 3 is 2.65 bits per heavy atom. The van der Waals surface area contributed by atoms with Crippen molar-refractivity contribution in [2.45, 2.75) is 19.4 Å². The van der Waals surface area contributed by atoms with Crippen molar-refractivity contribution in [2.75, 3.05) is 25.6 Å². The molecule has 7 nitrogen and oxygen atoms in total. The number of aliphatic hydroxyl groups is 2. The quantitative estimate of drug-likeness (QED) is 0.592. The molecule has 96 valence electrons. The molecule has 0 radical (unpaired) electrons. The molecule has 0 amide bonds. The predicted molar refractivity (Wildman–Crippen MR) is 60.4 cm³/mol. The molecule has 1 heterocycles. The molecule has 0 spiro atoms. The van der Waals surface area contributed by atoms with Gasteiger partial charge in [0.25, 0.3) is 0 Å². The lowest BCUT2D eigenvalue weighted by atomic mass is 10.1. The Morgan fingerprint density at radius 1 is 1.59 bits per heavy atom. The third kappa shape index (κ3) is 2.40. The summed E-state index contributed by atoms with van der Waals surface area (Å²) in [5, 5.41) is 18.5. The Bertz CT molecular complexity index is 398. The van der Waals surface area contributed by atoms with E-state index in [9.17, 15) is 15.0 Å². The van der Waals surface area contributed by atoms with Crippen molar-refractivity contribution in [3.63, 3.8) is 0 Å². The number of carbonyl (C=O) groups is 1. The summed E-state index contributed by atoms with van der Waals surface area (Å²) in [5.41, 5.74) is 4.74. The summed E-state index contributed by atoms with van der Waals surface area (Å²) in [5.74, 6) is -0.559. The summed E-state index contributed by atoms with van der Waals surface area (Å²) >= 11 is 0. The SMILES string of the molecule is CCOC(=O)c1ncn(C(C)(CO)CO)c1N. The van der Waals surface area contributed by atoms with Gasteiger partial charge in [0.05, 0.1) is 31.7 Å². The normalized spacial score (nSPS) is 11.5. The van der Waals surface area contributed by atoms with Gasteiger partial charge in [-0.2, -0.15) is 0 Å². The molecule has 17 heavy (non-hydrogen) atoms. The van der Waals surface area contributed by atoms with Gasteiger partial charge < -0.3 is 25.3 Å². The number of carbonyl (C=O) groups excluding carboxylic acids is 1. The van der Waals surface area contributed by atoms with Gasteiger partial charge in [-0.05, 0) is 13.8 Å². The van der Waals surface area contributed by atoms with Gasteiger partial charge in [0.2, 0.25) is 0 Å². The van der Waals surface area contributed by atoms with Crippen molar-refractivity contribution in [1.82, 2.24) is 9.55 Å². The Kier molecular flexibility index (Phi) is 4.08. The van der Waals surface area contributed by atoms with Gasteiger partial charge >= 0.3 is 5.97 Å². The van der Waals surface area contributed by atoms with Gasteiger partial charge in [0.1, 0.15) is 5.82 Å². The Morgan fingerprint density at radius 2 is 2.18 bits per heavy atom. The average Bonchev–Trinajstić information content (AvgIpc) is 2.71. The topological polar surface area (TPSA) is 111 Å². The monoisotopic (exact) mass is 243 g/mol. The van der Waals surface area contributed by atoms with Crippen LogP contribution in [0.15, 0.2) is 6.33 Å². The van der Waals surface area contributed by atoms with Crippen LogP contribution in [0.4, 0.5) is 5.82 Å². The van der Waals surface area contributed by atoms with Crippen molar-refractivity contribution in [1.29, 1.82) is 0 Å². The molecular formula is C10H17N3O4. The molecular weight excluding hydrogens is 226 g/mol. The number of esters is 1. The minimum atomic E-state index is -0.998. The maximum atomic E-state index is 11.5. The van der Waals surface area contributed by atoms with E-state index in [4.69, 9.17) is 10.5 Å². The summed E-state index contributed by atoms with van der Waals surface area (Å²) in [6.45, 7) is 2.84. The third-order valence-electron chi connectivity index (χ3n) is 2.54. The number of nitrogen functional groups attached to an aromatic ring is 1. The fraction of sp³-hybridized carbons (Fsp3) is 0.600. The number of rotatable bonds is 5. The van der Waals surface area contributed by atoms with Crippen LogP contribution in [0.3, 0.4) is 0 Å². The van der Waals surface area contributed by atoms with Crippen molar-refractivity contribution in [2.24, 2.45) is 0 Å². The maximum Gasteiger partial charge on any atom is 0.360 e. The lowest BCUT2D eigenvalue weighted by molar-refractivity contribution is 0.0519. The molecule has 0 aromatic carbocycles. The molecule has 7 heteroatoms. The lowest BCUT2D eigenvalue weighted by Crippen LogP contribution is -2.38. The standard InChI is InChI=1S/C10H17N3O4/c1-3-17-9(16)7-8(11)13(6-12-7)10(2,4-14)5-15/h6,14-15H,3-5,11H2,1-2H3. The highest BCUT2D eigenvalue weighted by Crippen LogP contribution is 2.22. The molecule has 0 saturated heterocycles. The van der Waals surface area contributed by atoms with Gasteiger partial charge in [0, 0.05) is 0 Å².